The minimum atomic E-state index is -3.85. The number of rotatable bonds is 12. The summed E-state index contributed by atoms with van der Waals surface area (Å²) in [5.41, 5.74) is 2.24. The number of anilines is 1. The summed E-state index contributed by atoms with van der Waals surface area (Å²) < 4.78 is 52.6. The lowest BCUT2D eigenvalue weighted by molar-refractivity contribution is -0.138. The molecule has 0 aromatic heterocycles. The molecule has 2 aromatic rings. The summed E-state index contributed by atoms with van der Waals surface area (Å²) in [4.78, 5) is 0.225. The van der Waals surface area contributed by atoms with Gasteiger partial charge in [-0.2, -0.15) is 0 Å². The van der Waals surface area contributed by atoms with Crippen molar-refractivity contribution in [3.05, 3.63) is 72.0 Å². The molecule has 186 valence electrons. The highest BCUT2D eigenvalue weighted by Gasteiger charge is 2.40. The van der Waals surface area contributed by atoms with Crippen molar-refractivity contribution in [2.75, 3.05) is 37.3 Å². The molecule has 0 saturated heterocycles. The lowest BCUT2D eigenvalue weighted by atomic mass is 9.98. The van der Waals surface area contributed by atoms with E-state index in [4.69, 9.17) is 18.9 Å². The first kappa shape index (κ1) is 26.2. The van der Waals surface area contributed by atoms with Crippen molar-refractivity contribution in [1.29, 1.82) is 0 Å². The molecular weight excluding hydrogens is 454 g/mol. The maximum absolute atomic E-state index is 13.8. The predicted octanol–water partition coefficient (Wildman–Crippen LogP) is 4.32. The molecule has 7 nitrogen and oxygen atoms in total. The van der Waals surface area contributed by atoms with Crippen LogP contribution < -0.4 is 4.31 Å². The molecule has 1 aliphatic rings. The van der Waals surface area contributed by atoms with Crippen LogP contribution >= 0.6 is 0 Å². The van der Waals surface area contributed by atoms with E-state index in [0.29, 0.717) is 37.7 Å². The number of nitrogens with zero attached hydrogens (tertiary/aromatic N) is 1. The normalized spacial score (nSPS) is 20.5. The Labute approximate surface area is 203 Å². The highest BCUT2D eigenvalue weighted by Crippen LogP contribution is 2.30. The van der Waals surface area contributed by atoms with Gasteiger partial charge in [0.05, 0.1) is 30.0 Å². The zero-order valence-corrected chi connectivity index (χ0v) is 21.2. The zero-order valence-electron chi connectivity index (χ0n) is 20.3. The van der Waals surface area contributed by atoms with Crippen LogP contribution in [0.4, 0.5) is 5.69 Å². The molecule has 8 heteroatoms. The summed E-state index contributed by atoms with van der Waals surface area (Å²) in [6.45, 7) is 9.57. The van der Waals surface area contributed by atoms with E-state index in [2.05, 4.69) is 0 Å². The van der Waals surface area contributed by atoms with Crippen LogP contribution in [-0.2, 0) is 29.0 Å². The maximum atomic E-state index is 13.8. The van der Waals surface area contributed by atoms with Crippen molar-refractivity contribution in [1.82, 2.24) is 0 Å². The van der Waals surface area contributed by atoms with Gasteiger partial charge < -0.3 is 18.9 Å². The SMILES string of the molecule is CCOC[C@H]1OC=C(CN(c2ccccc2)S(=O)(=O)c2ccc(C)cc2)[C@@H](OCC)[C@@H]1OCC. The van der Waals surface area contributed by atoms with Crippen molar-refractivity contribution in [2.45, 2.75) is 50.9 Å². The molecule has 0 bridgehead atoms. The molecule has 2 aromatic carbocycles. The quantitative estimate of drug-likeness (QED) is 0.442. The topological polar surface area (TPSA) is 74.3 Å². The first-order valence-electron chi connectivity index (χ1n) is 11.7. The first-order valence-corrected chi connectivity index (χ1v) is 13.2. The minimum Gasteiger partial charge on any atom is -0.493 e. The van der Waals surface area contributed by atoms with Gasteiger partial charge in [-0.1, -0.05) is 35.9 Å². The van der Waals surface area contributed by atoms with Crippen molar-refractivity contribution < 1.29 is 27.4 Å². The van der Waals surface area contributed by atoms with Gasteiger partial charge in [-0.3, -0.25) is 4.31 Å². The Morgan fingerprint density at radius 3 is 2.21 bits per heavy atom. The molecule has 1 aliphatic heterocycles. The third kappa shape index (κ3) is 6.18. The Kier molecular flexibility index (Phi) is 9.53. The summed E-state index contributed by atoms with van der Waals surface area (Å²) in [5, 5.41) is 0. The molecule has 0 fully saturated rings. The Hall–Kier alpha value is -2.39. The highest BCUT2D eigenvalue weighted by atomic mass is 32.2. The largest absolute Gasteiger partial charge is 0.493 e. The maximum Gasteiger partial charge on any atom is 0.264 e. The van der Waals surface area contributed by atoms with Crippen LogP contribution in [0, 0.1) is 6.92 Å². The minimum absolute atomic E-state index is 0.0653. The molecular formula is C26H35NO6S. The monoisotopic (exact) mass is 489 g/mol. The number of hydrogen-bond acceptors (Lipinski definition) is 6. The van der Waals surface area contributed by atoms with Gasteiger partial charge in [-0.25, -0.2) is 8.42 Å². The molecule has 0 radical (unpaired) electrons. The molecule has 3 rings (SSSR count). The highest BCUT2D eigenvalue weighted by molar-refractivity contribution is 7.92. The van der Waals surface area contributed by atoms with Crippen molar-refractivity contribution in [3.63, 3.8) is 0 Å². The van der Waals surface area contributed by atoms with Gasteiger partial charge in [-0.15, -0.1) is 0 Å². The summed E-state index contributed by atoms with van der Waals surface area (Å²) >= 11 is 0. The molecule has 1 heterocycles. The fourth-order valence-corrected chi connectivity index (χ4v) is 5.35. The predicted molar refractivity (Wildman–Crippen MR) is 132 cm³/mol. The van der Waals surface area contributed by atoms with E-state index >= 15 is 0 Å². The lowest BCUT2D eigenvalue weighted by Gasteiger charge is -2.39. The molecule has 0 unspecified atom stereocenters. The number of ether oxygens (including phenoxy) is 4. The summed E-state index contributed by atoms with van der Waals surface area (Å²) in [6.07, 6.45) is 0.374. The van der Waals surface area contributed by atoms with E-state index in [1.165, 1.54) is 4.31 Å². The molecule has 0 amide bonds. The second-order valence-corrected chi connectivity index (χ2v) is 9.85. The van der Waals surface area contributed by atoms with Crippen LogP contribution in [-0.4, -0.2) is 59.7 Å². The molecule has 0 spiro atoms. The van der Waals surface area contributed by atoms with Crippen LogP contribution in [0.15, 0.2) is 71.3 Å². The Balaban J connectivity index is 2.00. The standard InChI is InChI=1S/C26H35NO6S/c1-5-30-19-24-26(32-7-3)25(31-6-2)21(18-33-24)17-27(22-11-9-8-10-12-22)34(28,29)23-15-13-20(4)14-16-23/h8-16,18,24-26H,5-7,17,19H2,1-4H3/t24-,25-,26-/m1/s1. The molecule has 0 aliphatic carbocycles. The van der Waals surface area contributed by atoms with Crippen LogP contribution in [0.5, 0.6) is 0 Å². The van der Waals surface area contributed by atoms with Gasteiger partial charge in [-0.05, 0) is 52.0 Å². The van der Waals surface area contributed by atoms with Gasteiger partial charge in [0.1, 0.15) is 18.3 Å². The lowest BCUT2D eigenvalue weighted by Crippen LogP contribution is -2.50. The number of hydrogen-bond donors (Lipinski definition) is 0. The van der Waals surface area contributed by atoms with Crippen molar-refractivity contribution in [2.24, 2.45) is 0 Å². The number of sulfonamides is 1. The molecule has 34 heavy (non-hydrogen) atoms. The van der Waals surface area contributed by atoms with E-state index in [1.54, 1.807) is 42.7 Å². The van der Waals surface area contributed by atoms with Gasteiger partial charge >= 0.3 is 0 Å². The average Bonchev–Trinajstić information content (AvgIpc) is 2.84. The van der Waals surface area contributed by atoms with Crippen LogP contribution in [0.3, 0.4) is 0 Å². The third-order valence-electron chi connectivity index (χ3n) is 5.60. The molecule has 3 atom stereocenters. The average molecular weight is 490 g/mol. The number of aryl methyl sites for hydroxylation is 1. The van der Waals surface area contributed by atoms with E-state index in [0.717, 1.165) is 5.56 Å². The summed E-state index contributed by atoms with van der Waals surface area (Å²) in [7, 11) is -3.85. The van der Waals surface area contributed by atoms with E-state index in [1.807, 2.05) is 45.9 Å². The second kappa shape index (κ2) is 12.4. The third-order valence-corrected chi connectivity index (χ3v) is 7.38. The summed E-state index contributed by atoms with van der Waals surface area (Å²) in [6, 6.07) is 15.9. The summed E-state index contributed by atoms with van der Waals surface area (Å²) in [5.74, 6) is 0. The van der Waals surface area contributed by atoms with Gasteiger partial charge in [0.15, 0.2) is 0 Å². The van der Waals surface area contributed by atoms with E-state index in [9.17, 15) is 8.42 Å². The Bertz CT molecular complexity index is 1020. The van der Waals surface area contributed by atoms with Crippen molar-refractivity contribution >= 4 is 15.7 Å². The van der Waals surface area contributed by atoms with E-state index in [-0.39, 0.29) is 17.5 Å². The van der Waals surface area contributed by atoms with Gasteiger partial charge in [0.2, 0.25) is 0 Å². The molecule has 0 saturated carbocycles. The number of benzene rings is 2. The van der Waals surface area contributed by atoms with E-state index < -0.39 is 22.2 Å². The first-order chi connectivity index (χ1) is 16.4. The van der Waals surface area contributed by atoms with Crippen LogP contribution in [0.1, 0.15) is 26.3 Å². The van der Waals surface area contributed by atoms with Crippen LogP contribution in [0.25, 0.3) is 0 Å². The number of para-hydroxylation sites is 1. The van der Waals surface area contributed by atoms with Crippen LogP contribution in [0.2, 0.25) is 0 Å². The smallest absolute Gasteiger partial charge is 0.264 e. The van der Waals surface area contributed by atoms with Gasteiger partial charge in [0, 0.05) is 25.4 Å². The Morgan fingerprint density at radius 1 is 0.912 bits per heavy atom. The second-order valence-electron chi connectivity index (χ2n) is 7.98. The van der Waals surface area contributed by atoms with Crippen molar-refractivity contribution in [3.8, 4) is 0 Å². The van der Waals surface area contributed by atoms with Gasteiger partial charge in [0.25, 0.3) is 10.0 Å². The zero-order chi connectivity index (χ0) is 24.6. The fraction of sp³-hybridized carbons (Fsp3) is 0.462. The fourth-order valence-electron chi connectivity index (χ4n) is 3.90. The Morgan fingerprint density at radius 2 is 1.59 bits per heavy atom. The molecule has 0 N–H and O–H groups in total.